The molecule has 0 spiro atoms. The highest BCUT2D eigenvalue weighted by Crippen LogP contribution is 2.23. The Kier molecular flexibility index (Phi) is 4.76. The van der Waals surface area contributed by atoms with Crippen molar-refractivity contribution < 1.29 is 9.53 Å². The van der Waals surface area contributed by atoms with Gasteiger partial charge in [0.15, 0.2) is 0 Å². The Hall–Kier alpha value is -2.56. The van der Waals surface area contributed by atoms with Gasteiger partial charge in [0.05, 0.1) is 0 Å². The Morgan fingerprint density at radius 1 is 1.22 bits per heavy atom. The first-order chi connectivity index (χ1) is 11.2. The molecule has 1 N–H and O–H groups in total. The van der Waals surface area contributed by atoms with Crippen molar-refractivity contribution in [3.63, 3.8) is 0 Å². The van der Waals surface area contributed by atoms with Crippen molar-refractivity contribution in [2.24, 2.45) is 0 Å². The standard InChI is InChI=1S/C18H21N3O2/c1-14(18(22)21-11-4-5-12-21)20-15-7-6-8-16(13-15)23-17-9-2-3-10-19-17/h2-3,6-10,13-14,20H,4-5,11-12H2,1H3. The van der Waals surface area contributed by atoms with Crippen molar-refractivity contribution >= 4 is 11.6 Å². The number of nitrogens with one attached hydrogen (secondary N) is 1. The lowest BCUT2D eigenvalue weighted by Gasteiger charge is -2.22. The lowest BCUT2D eigenvalue weighted by Crippen LogP contribution is -2.39. The lowest BCUT2D eigenvalue weighted by atomic mass is 10.2. The molecule has 1 aromatic heterocycles. The Morgan fingerprint density at radius 3 is 2.78 bits per heavy atom. The first-order valence-corrected chi connectivity index (χ1v) is 7.96. The molecule has 1 amide bonds. The van der Waals surface area contributed by atoms with Gasteiger partial charge in [-0.15, -0.1) is 0 Å². The number of hydrogen-bond acceptors (Lipinski definition) is 4. The number of carbonyl (C=O) groups is 1. The van der Waals surface area contributed by atoms with Crippen LogP contribution in [0.3, 0.4) is 0 Å². The van der Waals surface area contributed by atoms with Crippen LogP contribution in [0.5, 0.6) is 11.6 Å². The van der Waals surface area contributed by atoms with E-state index in [2.05, 4.69) is 10.3 Å². The zero-order valence-electron chi connectivity index (χ0n) is 13.2. The van der Waals surface area contributed by atoms with Crippen LogP contribution in [-0.4, -0.2) is 34.9 Å². The zero-order valence-corrected chi connectivity index (χ0v) is 13.2. The fourth-order valence-corrected chi connectivity index (χ4v) is 2.70. The van der Waals surface area contributed by atoms with Gasteiger partial charge < -0.3 is 15.0 Å². The van der Waals surface area contributed by atoms with E-state index in [4.69, 9.17) is 4.74 Å². The van der Waals surface area contributed by atoms with E-state index in [9.17, 15) is 4.79 Å². The van der Waals surface area contributed by atoms with Crippen molar-refractivity contribution in [2.45, 2.75) is 25.8 Å². The first kappa shape index (κ1) is 15.3. The largest absolute Gasteiger partial charge is 0.439 e. The zero-order chi connectivity index (χ0) is 16.1. The molecular weight excluding hydrogens is 290 g/mol. The van der Waals surface area contributed by atoms with Crippen LogP contribution in [0.15, 0.2) is 48.7 Å². The summed E-state index contributed by atoms with van der Waals surface area (Å²) >= 11 is 0. The molecule has 5 heteroatoms. The monoisotopic (exact) mass is 311 g/mol. The third-order valence-electron chi connectivity index (χ3n) is 3.87. The Bertz CT molecular complexity index is 654. The number of ether oxygens (including phenoxy) is 1. The van der Waals surface area contributed by atoms with Crippen LogP contribution >= 0.6 is 0 Å². The number of pyridine rings is 1. The smallest absolute Gasteiger partial charge is 0.244 e. The van der Waals surface area contributed by atoms with E-state index >= 15 is 0 Å². The number of aromatic nitrogens is 1. The number of hydrogen-bond donors (Lipinski definition) is 1. The van der Waals surface area contributed by atoms with Gasteiger partial charge in [0.1, 0.15) is 11.8 Å². The van der Waals surface area contributed by atoms with Crippen LogP contribution in [0.4, 0.5) is 5.69 Å². The van der Waals surface area contributed by atoms with Crippen LogP contribution in [0.25, 0.3) is 0 Å². The summed E-state index contributed by atoms with van der Waals surface area (Å²) in [6.07, 6.45) is 3.89. The van der Waals surface area contributed by atoms with Crippen molar-refractivity contribution in [3.05, 3.63) is 48.7 Å². The molecule has 1 fully saturated rings. The van der Waals surface area contributed by atoms with Gasteiger partial charge in [-0.1, -0.05) is 12.1 Å². The van der Waals surface area contributed by atoms with Crippen molar-refractivity contribution in [1.29, 1.82) is 0 Å². The first-order valence-electron chi connectivity index (χ1n) is 7.96. The van der Waals surface area contributed by atoms with Gasteiger partial charge in [0.25, 0.3) is 0 Å². The molecular formula is C18H21N3O2. The number of benzene rings is 1. The Morgan fingerprint density at radius 2 is 2.04 bits per heavy atom. The fraction of sp³-hybridized carbons (Fsp3) is 0.333. The summed E-state index contributed by atoms with van der Waals surface area (Å²) in [5.74, 6) is 1.39. The Labute approximate surface area is 136 Å². The maximum absolute atomic E-state index is 12.3. The molecule has 0 bridgehead atoms. The molecule has 120 valence electrons. The second-order valence-corrected chi connectivity index (χ2v) is 5.70. The molecule has 1 atom stereocenters. The molecule has 1 saturated heterocycles. The third-order valence-corrected chi connectivity index (χ3v) is 3.87. The molecule has 0 saturated carbocycles. The van der Waals surface area contributed by atoms with Crippen molar-refractivity contribution in [3.8, 4) is 11.6 Å². The molecule has 0 aliphatic carbocycles. The highest BCUT2D eigenvalue weighted by Gasteiger charge is 2.23. The van der Waals surface area contributed by atoms with Crippen LogP contribution in [0, 0.1) is 0 Å². The maximum atomic E-state index is 12.3. The number of likely N-dealkylation sites (tertiary alicyclic amines) is 1. The predicted molar refractivity (Wildman–Crippen MR) is 89.7 cm³/mol. The minimum absolute atomic E-state index is 0.151. The topological polar surface area (TPSA) is 54.5 Å². The van der Waals surface area contributed by atoms with E-state index in [0.29, 0.717) is 11.6 Å². The van der Waals surface area contributed by atoms with Gasteiger partial charge in [-0.05, 0) is 38.0 Å². The predicted octanol–water partition coefficient (Wildman–Crippen LogP) is 3.30. The fourth-order valence-electron chi connectivity index (χ4n) is 2.70. The van der Waals surface area contributed by atoms with Gasteiger partial charge in [-0.2, -0.15) is 0 Å². The second kappa shape index (κ2) is 7.13. The van der Waals surface area contributed by atoms with E-state index in [1.165, 1.54) is 0 Å². The average Bonchev–Trinajstić information content (AvgIpc) is 3.10. The quantitative estimate of drug-likeness (QED) is 0.920. The molecule has 0 radical (unpaired) electrons. The molecule has 2 aromatic rings. The Balaban J connectivity index is 1.64. The van der Waals surface area contributed by atoms with E-state index in [-0.39, 0.29) is 11.9 Å². The summed E-state index contributed by atoms with van der Waals surface area (Å²) < 4.78 is 5.71. The summed E-state index contributed by atoms with van der Waals surface area (Å²) in [7, 11) is 0. The van der Waals surface area contributed by atoms with Gasteiger partial charge in [-0.25, -0.2) is 4.98 Å². The molecule has 5 nitrogen and oxygen atoms in total. The number of nitrogens with zero attached hydrogens (tertiary/aromatic N) is 2. The van der Waals surface area contributed by atoms with Crippen LogP contribution in [-0.2, 0) is 4.79 Å². The molecule has 1 aliphatic heterocycles. The van der Waals surface area contributed by atoms with Gasteiger partial charge >= 0.3 is 0 Å². The number of rotatable bonds is 5. The van der Waals surface area contributed by atoms with Crippen LogP contribution in [0.2, 0.25) is 0 Å². The van der Waals surface area contributed by atoms with E-state index in [1.54, 1.807) is 12.3 Å². The lowest BCUT2D eigenvalue weighted by molar-refractivity contribution is -0.130. The van der Waals surface area contributed by atoms with Gasteiger partial charge in [0.2, 0.25) is 11.8 Å². The van der Waals surface area contributed by atoms with Gasteiger partial charge in [0, 0.05) is 37.1 Å². The third kappa shape index (κ3) is 4.00. The highest BCUT2D eigenvalue weighted by molar-refractivity contribution is 5.84. The SMILES string of the molecule is CC(Nc1cccc(Oc2ccccn2)c1)C(=O)N1CCCC1. The minimum atomic E-state index is -0.252. The molecule has 23 heavy (non-hydrogen) atoms. The van der Waals surface area contributed by atoms with E-state index < -0.39 is 0 Å². The van der Waals surface area contributed by atoms with Crippen LogP contribution < -0.4 is 10.1 Å². The molecule has 3 rings (SSSR count). The summed E-state index contributed by atoms with van der Waals surface area (Å²) in [6, 6.07) is 12.8. The molecule has 1 aliphatic rings. The van der Waals surface area contributed by atoms with E-state index in [0.717, 1.165) is 31.6 Å². The van der Waals surface area contributed by atoms with Crippen molar-refractivity contribution in [2.75, 3.05) is 18.4 Å². The van der Waals surface area contributed by atoms with Crippen LogP contribution in [0.1, 0.15) is 19.8 Å². The summed E-state index contributed by atoms with van der Waals surface area (Å²) in [6.45, 7) is 3.63. The highest BCUT2D eigenvalue weighted by atomic mass is 16.5. The summed E-state index contributed by atoms with van der Waals surface area (Å²) in [5.41, 5.74) is 0.860. The normalized spacial score (nSPS) is 15.3. The van der Waals surface area contributed by atoms with Crippen molar-refractivity contribution in [1.82, 2.24) is 9.88 Å². The van der Waals surface area contributed by atoms with Gasteiger partial charge in [-0.3, -0.25) is 4.79 Å². The minimum Gasteiger partial charge on any atom is -0.439 e. The summed E-state index contributed by atoms with van der Waals surface area (Å²) in [4.78, 5) is 18.4. The maximum Gasteiger partial charge on any atom is 0.244 e. The number of amides is 1. The molecule has 2 heterocycles. The number of anilines is 1. The second-order valence-electron chi connectivity index (χ2n) is 5.70. The summed E-state index contributed by atoms with van der Waals surface area (Å²) in [5, 5.41) is 3.25. The average molecular weight is 311 g/mol. The number of carbonyl (C=O) groups excluding carboxylic acids is 1. The molecule has 1 aromatic carbocycles. The van der Waals surface area contributed by atoms with E-state index in [1.807, 2.05) is 48.2 Å². The molecule has 1 unspecified atom stereocenters.